The van der Waals surface area contributed by atoms with Gasteiger partial charge in [0.25, 0.3) is 0 Å². The lowest BCUT2D eigenvalue weighted by molar-refractivity contribution is -0.305. The van der Waals surface area contributed by atoms with Crippen LogP contribution in [-0.4, -0.2) is 99.6 Å². The number of aliphatic hydroxyl groups excluding tert-OH is 5. The minimum Gasteiger partial charge on any atom is -0.454 e. The second kappa shape index (κ2) is 47.6. The standard InChI is InChI=1S/C59H107NO10/c1-4-7-10-13-16-19-22-25-28-31-34-37-40-43-46-52(63)58(67)60-50(51(62)45-42-39-36-33-30-27-24-21-18-15-12-9-6-3)49-68-59-57(56(66)55(65)53(48-61)69-59)70-54(64)47-44-41-38-35-32-29-26-23-20-17-14-11-8-5-2/h8,11,17,19-20,22,42,45,50-53,55-57,59,61-63,65-66H,4-7,9-10,12-16,18,21,23-41,43-44,46-49H2,1-3H3,(H,60,67)/b11-8+,20-17+,22-19-,45-42+. The van der Waals surface area contributed by atoms with E-state index in [4.69, 9.17) is 14.2 Å². The molecule has 6 N–H and O–H groups in total. The van der Waals surface area contributed by atoms with E-state index in [0.717, 1.165) is 96.3 Å². The molecule has 11 heteroatoms. The molecule has 1 amide bonds. The Bertz CT molecular complexity index is 1320. The lowest BCUT2D eigenvalue weighted by atomic mass is 9.99. The predicted molar refractivity (Wildman–Crippen MR) is 287 cm³/mol. The van der Waals surface area contributed by atoms with Gasteiger partial charge in [-0.15, -0.1) is 0 Å². The van der Waals surface area contributed by atoms with Crippen LogP contribution in [0.2, 0.25) is 0 Å². The maximum atomic E-state index is 13.4. The summed E-state index contributed by atoms with van der Waals surface area (Å²) in [6.45, 7) is 5.66. The molecule has 1 saturated heterocycles. The van der Waals surface area contributed by atoms with Gasteiger partial charge >= 0.3 is 5.97 Å². The molecule has 0 bridgehead atoms. The highest BCUT2D eigenvalue weighted by Crippen LogP contribution is 2.26. The number of unbranched alkanes of at least 4 members (excludes halogenated alkanes) is 28. The van der Waals surface area contributed by atoms with E-state index in [-0.39, 0.29) is 19.4 Å². The molecule has 0 aromatic rings. The van der Waals surface area contributed by atoms with Gasteiger partial charge in [-0.05, 0) is 77.0 Å². The summed E-state index contributed by atoms with van der Waals surface area (Å²) < 4.78 is 17.6. The van der Waals surface area contributed by atoms with Crippen molar-refractivity contribution in [2.75, 3.05) is 13.2 Å². The molecule has 70 heavy (non-hydrogen) atoms. The Morgan fingerprint density at radius 3 is 1.56 bits per heavy atom. The van der Waals surface area contributed by atoms with Gasteiger partial charge in [-0.3, -0.25) is 9.59 Å². The molecule has 408 valence electrons. The Kier molecular flexibility index (Phi) is 44.6. The van der Waals surface area contributed by atoms with Gasteiger partial charge in [0.2, 0.25) is 5.91 Å². The molecule has 1 aliphatic heterocycles. The first kappa shape index (κ1) is 65.6. The Labute approximate surface area is 427 Å². The quantitative estimate of drug-likeness (QED) is 0.0196. The first-order chi connectivity index (χ1) is 34.2. The van der Waals surface area contributed by atoms with Crippen LogP contribution >= 0.6 is 0 Å². The van der Waals surface area contributed by atoms with Crippen LogP contribution in [0.5, 0.6) is 0 Å². The van der Waals surface area contributed by atoms with Gasteiger partial charge < -0.3 is 45.1 Å². The molecule has 0 aliphatic carbocycles. The third-order valence-corrected chi connectivity index (χ3v) is 13.5. The highest BCUT2D eigenvalue weighted by Gasteiger charge is 2.47. The van der Waals surface area contributed by atoms with E-state index in [1.165, 1.54) is 109 Å². The summed E-state index contributed by atoms with van der Waals surface area (Å²) in [5.74, 6) is -1.21. The predicted octanol–water partition coefficient (Wildman–Crippen LogP) is 12.9. The highest BCUT2D eigenvalue weighted by atomic mass is 16.7. The summed E-state index contributed by atoms with van der Waals surface area (Å²) in [5, 5.41) is 56.8. The zero-order valence-electron chi connectivity index (χ0n) is 44.9. The Hall–Kier alpha value is -2.38. The number of rotatable bonds is 48. The minimum absolute atomic E-state index is 0.114. The average molecular weight is 991 g/mol. The monoisotopic (exact) mass is 990 g/mol. The molecule has 1 rings (SSSR count). The van der Waals surface area contributed by atoms with E-state index in [2.05, 4.69) is 62.5 Å². The van der Waals surface area contributed by atoms with Crippen LogP contribution in [0.25, 0.3) is 0 Å². The summed E-state index contributed by atoms with van der Waals surface area (Å²) >= 11 is 0. The summed E-state index contributed by atoms with van der Waals surface area (Å²) in [6, 6.07) is -1.03. The first-order valence-corrected chi connectivity index (χ1v) is 28.9. The Balaban J connectivity index is 2.75. The molecule has 11 nitrogen and oxygen atoms in total. The third kappa shape index (κ3) is 35.7. The van der Waals surface area contributed by atoms with Crippen LogP contribution < -0.4 is 5.32 Å². The van der Waals surface area contributed by atoms with Crippen LogP contribution in [0, 0.1) is 0 Å². The van der Waals surface area contributed by atoms with E-state index in [9.17, 15) is 35.1 Å². The van der Waals surface area contributed by atoms with Crippen molar-refractivity contribution in [3.63, 3.8) is 0 Å². The largest absolute Gasteiger partial charge is 0.454 e. The van der Waals surface area contributed by atoms with Crippen LogP contribution in [0.1, 0.15) is 252 Å². The number of hydrogen-bond donors (Lipinski definition) is 6. The van der Waals surface area contributed by atoms with Gasteiger partial charge in [-0.1, -0.05) is 217 Å². The number of nitrogens with one attached hydrogen (secondary N) is 1. The maximum absolute atomic E-state index is 13.4. The number of esters is 1. The molecule has 0 radical (unpaired) electrons. The fraction of sp³-hybridized carbons (Fsp3) is 0.831. The smallest absolute Gasteiger partial charge is 0.306 e. The minimum atomic E-state index is -1.62. The Morgan fingerprint density at radius 2 is 1.03 bits per heavy atom. The van der Waals surface area contributed by atoms with Gasteiger partial charge in [0.1, 0.15) is 24.4 Å². The van der Waals surface area contributed by atoms with Gasteiger partial charge in [-0.25, -0.2) is 0 Å². The van der Waals surface area contributed by atoms with Gasteiger partial charge in [0.15, 0.2) is 12.4 Å². The maximum Gasteiger partial charge on any atom is 0.306 e. The topological polar surface area (TPSA) is 175 Å². The van der Waals surface area contributed by atoms with Gasteiger partial charge in [0.05, 0.1) is 25.4 Å². The summed E-state index contributed by atoms with van der Waals surface area (Å²) in [7, 11) is 0. The molecular formula is C59H107NO10. The zero-order chi connectivity index (χ0) is 51.1. The number of carbonyl (C=O) groups is 2. The second-order valence-electron chi connectivity index (χ2n) is 20.0. The fourth-order valence-electron chi connectivity index (χ4n) is 8.86. The van der Waals surface area contributed by atoms with E-state index in [0.29, 0.717) is 12.8 Å². The average Bonchev–Trinajstić information content (AvgIpc) is 3.36. The molecule has 1 aliphatic rings. The van der Waals surface area contributed by atoms with Crippen molar-refractivity contribution in [1.29, 1.82) is 0 Å². The van der Waals surface area contributed by atoms with Crippen LogP contribution in [0.15, 0.2) is 48.6 Å². The van der Waals surface area contributed by atoms with E-state index >= 15 is 0 Å². The van der Waals surface area contributed by atoms with Crippen molar-refractivity contribution in [3.8, 4) is 0 Å². The zero-order valence-corrected chi connectivity index (χ0v) is 44.9. The first-order valence-electron chi connectivity index (χ1n) is 28.9. The number of aliphatic hydroxyl groups is 5. The van der Waals surface area contributed by atoms with Crippen molar-refractivity contribution in [2.24, 2.45) is 0 Å². The highest BCUT2D eigenvalue weighted by molar-refractivity contribution is 5.80. The summed E-state index contributed by atoms with van der Waals surface area (Å²) in [5.41, 5.74) is 0. The summed E-state index contributed by atoms with van der Waals surface area (Å²) in [4.78, 5) is 26.4. The van der Waals surface area contributed by atoms with Crippen molar-refractivity contribution in [3.05, 3.63) is 48.6 Å². The number of hydrogen-bond acceptors (Lipinski definition) is 10. The van der Waals surface area contributed by atoms with E-state index in [1.54, 1.807) is 6.08 Å². The van der Waals surface area contributed by atoms with Crippen LogP contribution in [-0.2, 0) is 23.8 Å². The van der Waals surface area contributed by atoms with Crippen molar-refractivity contribution < 1.29 is 49.3 Å². The molecule has 8 atom stereocenters. The number of ether oxygens (including phenoxy) is 3. The van der Waals surface area contributed by atoms with Gasteiger partial charge in [-0.2, -0.15) is 0 Å². The number of carbonyl (C=O) groups excluding carboxylic acids is 2. The fourth-order valence-corrected chi connectivity index (χ4v) is 8.86. The number of amides is 1. The van der Waals surface area contributed by atoms with E-state index in [1.807, 2.05) is 6.08 Å². The van der Waals surface area contributed by atoms with Crippen LogP contribution in [0.3, 0.4) is 0 Å². The molecule has 0 spiro atoms. The molecule has 1 heterocycles. The lowest BCUT2D eigenvalue weighted by Gasteiger charge is -2.41. The van der Waals surface area contributed by atoms with Crippen LogP contribution in [0.4, 0.5) is 0 Å². The van der Waals surface area contributed by atoms with Crippen molar-refractivity contribution in [1.82, 2.24) is 5.32 Å². The van der Waals surface area contributed by atoms with Crippen molar-refractivity contribution >= 4 is 11.9 Å². The number of allylic oxidation sites excluding steroid dienone is 7. The van der Waals surface area contributed by atoms with E-state index < -0.39 is 67.4 Å². The molecule has 0 aromatic carbocycles. The normalized spacial score (nSPS) is 20.0. The molecule has 1 fully saturated rings. The SMILES string of the molecule is CC/C=C/C/C=C/CCCCCCCCCC(=O)OC1C(OCC(NC(=O)C(O)CCCCCCCC/C=C\CCCCCC)C(O)/C=C/CCCCCCCCCCCCC)OC(CO)C(O)C1O. The van der Waals surface area contributed by atoms with Crippen molar-refractivity contribution in [2.45, 2.75) is 301 Å². The second-order valence-corrected chi connectivity index (χ2v) is 20.0. The molecule has 0 aromatic heterocycles. The molecular weight excluding hydrogens is 883 g/mol. The molecule has 8 unspecified atom stereocenters. The Morgan fingerprint density at radius 1 is 0.571 bits per heavy atom. The summed E-state index contributed by atoms with van der Waals surface area (Å²) in [6.07, 6.45) is 45.8. The lowest BCUT2D eigenvalue weighted by Crippen LogP contribution is -2.61. The third-order valence-electron chi connectivity index (χ3n) is 13.5. The molecule has 0 saturated carbocycles. The van der Waals surface area contributed by atoms with Gasteiger partial charge in [0, 0.05) is 6.42 Å².